The largest absolute Gasteiger partial charge is 0.316 e. The summed E-state index contributed by atoms with van der Waals surface area (Å²) < 4.78 is 0. The van der Waals surface area contributed by atoms with Crippen LogP contribution in [0.15, 0.2) is 30.6 Å². The van der Waals surface area contributed by atoms with Crippen molar-refractivity contribution in [2.24, 2.45) is 11.8 Å². The van der Waals surface area contributed by atoms with Crippen molar-refractivity contribution in [2.75, 3.05) is 13.1 Å². The first-order chi connectivity index (χ1) is 7.95. The van der Waals surface area contributed by atoms with E-state index in [-0.39, 0.29) is 0 Å². The Hall–Kier alpha value is -1.15. The van der Waals surface area contributed by atoms with Crippen LogP contribution in [-0.2, 0) is 0 Å². The third kappa shape index (κ3) is 1.78. The number of pyridine rings is 1. The third-order valence-corrected chi connectivity index (χ3v) is 3.92. The Balaban J connectivity index is 1.91. The van der Waals surface area contributed by atoms with Gasteiger partial charge in [-0.3, -0.25) is 4.98 Å². The average molecular weight is 214 g/mol. The summed E-state index contributed by atoms with van der Waals surface area (Å²) in [7, 11) is 0. The van der Waals surface area contributed by atoms with Gasteiger partial charge in [-0.1, -0.05) is 12.1 Å². The van der Waals surface area contributed by atoms with Gasteiger partial charge in [0.05, 0.1) is 0 Å². The summed E-state index contributed by atoms with van der Waals surface area (Å²) in [6, 6.07) is 4.23. The summed E-state index contributed by atoms with van der Waals surface area (Å²) in [4.78, 5) is 4.24. The summed E-state index contributed by atoms with van der Waals surface area (Å²) >= 11 is 0. The van der Waals surface area contributed by atoms with Crippen molar-refractivity contribution in [1.82, 2.24) is 10.3 Å². The van der Waals surface area contributed by atoms with E-state index in [0.29, 0.717) is 5.92 Å². The van der Waals surface area contributed by atoms with E-state index in [4.69, 9.17) is 0 Å². The Bertz CT molecular complexity index is 383. The highest BCUT2D eigenvalue weighted by atomic mass is 14.9. The lowest BCUT2D eigenvalue weighted by Gasteiger charge is -2.37. The molecule has 0 saturated carbocycles. The number of hydrogen-bond acceptors (Lipinski definition) is 2. The van der Waals surface area contributed by atoms with Crippen LogP contribution in [0.25, 0.3) is 5.57 Å². The average Bonchev–Trinajstić information content (AvgIpc) is 2.39. The minimum absolute atomic E-state index is 0.715. The van der Waals surface area contributed by atoms with Crippen molar-refractivity contribution in [3.8, 4) is 0 Å². The number of fused-ring (bicyclic) bond motifs is 1. The summed E-state index contributed by atoms with van der Waals surface area (Å²) in [5.74, 6) is 1.60. The van der Waals surface area contributed by atoms with Gasteiger partial charge in [-0.2, -0.15) is 0 Å². The molecule has 0 bridgehead atoms. The molecule has 1 N–H and O–H groups in total. The Labute approximate surface area is 96.8 Å². The fourth-order valence-electron chi connectivity index (χ4n) is 3.09. The normalized spacial score (nSPS) is 29.4. The standard InChI is InChI=1S/C14H18N2/c1-3-11-6-8-16-10-14(11)13(5-1)12-4-2-7-15-9-12/h2,4-5,7,9,11,14,16H,1,3,6,8,10H2/t11-,14+/m1/s1. The highest BCUT2D eigenvalue weighted by molar-refractivity contribution is 5.68. The zero-order valence-corrected chi connectivity index (χ0v) is 9.52. The fourth-order valence-corrected chi connectivity index (χ4v) is 3.09. The van der Waals surface area contributed by atoms with E-state index in [2.05, 4.69) is 22.4 Å². The number of allylic oxidation sites excluding steroid dienone is 1. The highest BCUT2D eigenvalue weighted by Crippen LogP contribution is 2.39. The van der Waals surface area contributed by atoms with Gasteiger partial charge in [0.25, 0.3) is 0 Å². The van der Waals surface area contributed by atoms with Gasteiger partial charge < -0.3 is 5.32 Å². The molecule has 0 aromatic carbocycles. The van der Waals surface area contributed by atoms with Crippen molar-refractivity contribution in [3.63, 3.8) is 0 Å². The van der Waals surface area contributed by atoms with Crippen LogP contribution in [0.4, 0.5) is 0 Å². The first kappa shape index (κ1) is 10.0. The molecule has 2 heteroatoms. The smallest absolute Gasteiger partial charge is 0.0343 e. The number of piperidine rings is 1. The second-order valence-corrected chi connectivity index (χ2v) is 4.84. The summed E-state index contributed by atoms with van der Waals surface area (Å²) in [5, 5.41) is 3.52. The molecule has 1 aromatic heterocycles. The van der Waals surface area contributed by atoms with Crippen LogP contribution in [0, 0.1) is 11.8 Å². The molecule has 0 radical (unpaired) electrons. The molecule has 1 saturated heterocycles. The number of aromatic nitrogens is 1. The first-order valence-corrected chi connectivity index (χ1v) is 6.26. The number of hydrogen-bond donors (Lipinski definition) is 1. The predicted molar refractivity (Wildman–Crippen MR) is 65.9 cm³/mol. The summed E-state index contributed by atoms with van der Waals surface area (Å²) in [6.07, 6.45) is 10.2. The van der Waals surface area contributed by atoms with E-state index in [9.17, 15) is 0 Å². The van der Waals surface area contributed by atoms with E-state index in [1.807, 2.05) is 18.5 Å². The van der Waals surface area contributed by atoms with E-state index in [1.54, 1.807) is 0 Å². The zero-order chi connectivity index (χ0) is 10.8. The second-order valence-electron chi connectivity index (χ2n) is 4.84. The lowest BCUT2D eigenvalue weighted by atomic mass is 9.73. The Morgan fingerprint density at radius 1 is 1.31 bits per heavy atom. The molecule has 16 heavy (non-hydrogen) atoms. The maximum Gasteiger partial charge on any atom is 0.0343 e. The van der Waals surface area contributed by atoms with E-state index < -0.39 is 0 Å². The van der Waals surface area contributed by atoms with Gasteiger partial charge in [-0.05, 0) is 54.8 Å². The van der Waals surface area contributed by atoms with Gasteiger partial charge in [-0.25, -0.2) is 0 Å². The van der Waals surface area contributed by atoms with Gasteiger partial charge in [0.2, 0.25) is 0 Å². The van der Waals surface area contributed by atoms with Crippen molar-refractivity contribution < 1.29 is 0 Å². The molecule has 1 aromatic rings. The molecule has 84 valence electrons. The SMILES string of the molecule is C1=C(c2cccnc2)[C@H]2CNCC[C@H]2CC1. The second kappa shape index (κ2) is 4.38. The first-order valence-electron chi connectivity index (χ1n) is 6.26. The lowest BCUT2D eigenvalue weighted by molar-refractivity contribution is 0.285. The molecule has 0 unspecified atom stereocenters. The van der Waals surface area contributed by atoms with E-state index in [1.165, 1.54) is 36.9 Å². The van der Waals surface area contributed by atoms with Crippen LogP contribution in [0.3, 0.4) is 0 Å². The van der Waals surface area contributed by atoms with Gasteiger partial charge in [-0.15, -0.1) is 0 Å². The van der Waals surface area contributed by atoms with E-state index >= 15 is 0 Å². The molecule has 2 aliphatic rings. The van der Waals surface area contributed by atoms with Gasteiger partial charge in [0.1, 0.15) is 0 Å². The van der Waals surface area contributed by atoms with Crippen LogP contribution >= 0.6 is 0 Å². The molecular weight excluding hydrogens is 196 g/mol. The van der Waals surface area contributed by atoms with Crippen molar-refractivity contribution in [3.05, 3.63) is 36.2 Å². The molecule has 2 atom stereocenters. The molecular formula is C14H18N2. The predicted octanol–water partition coefficient (Wildman–Crippen LogP) is 2.48. The van der Waals surface area contributed by atoms with Crippen LogP contribution in [0.5, 0.6) is 0 Å². The molecule has 2 nitrogen and oxygen atoms in total. The monoisotopic (exact) mass is 214 g/mol. The fraction of sp³-hybridized carbons (Fsp3) is 0.500. The third-order valence-electron chi connectivity index (χ3n) is 3.92. The van der Waals surface area contributed by atoms with E-state index in [0.717, 1.165) is 12.5 Å². The van der Waals surface area contributed by atoms with Gasteiger partial charge in [0.15, 0.2) is 0 Å². The van der Waals surface area contributed by atoms with Gasteiger partial charge >= 0.3 is 0 Å². The van der Waals surface area contributed by atoms with Crippen LogP contribution in [0.1, 0.15) is 24.8 Å². The lowest BCUT2D eigenvalue weighted by Crippen LogP contribution is -2.38. The molecule has 1 aliphatic carbocycles. The highest BCUT2D eigenvalue weighted by Gasteiger charge is 2.30. The molecule has 1 fully saturated rings. The molecule has 3 rings (SSSR count). The molecule has 2 heterocycles. The molecule has 0 spiro atoms. The van der Waals surface area contributed by atoms with Crippen molar-refractivity contribution in [2.45, 2.75) is 19.3 Å². The zero-order valence-electron chi connectivity index (χ0n) is 9.52. The Morgan fingerprint density at radius 2 is 2.31 bits per heavy atom. The maximum atomic E-state index is 4.24. The molecule has 0 amide bonds. The van der Waals surface area contributed by atoms with Crippen LogP contribution < -0.4 is 5.32 Å². The Morgan fingerprint density at radius 3 is 3.19 bits per heavy atom. The quantitative estimate of drug-likeness (QED) is 0.777. The number of nitrogens with zero attached hydrogens (tertiary/aromatic N) is 1. The summed E-state index contributed by atoms with van der Waals surface area (Å²) in [5.41, 5.74) is 2.84. The minimum Gasteiger partial charge on any atom is -0.316 e. The van der Waals surface area contributed by atoms with Crippen molar-refractivity contribution in [1.29, 1.82) is 0 Å². The minimum atomic E-state index is 0.715. The number of rotatable bonds is 1. The van der Waals surface area contributed by atoms with Crippen LogP contribution in [-0.4, -0.2) is 18.1 Å². The summed E-state index contributed by atoms with van der Waals surface area (Å²) in [6.45, 7) is 2.34. The van der Waals surface area contributed by atoms with Crippen molar-refractivity contribution >= 4 is 5.57 Å². The topological polar surface area (TPSA) is 24.9 Å². The van der Waals surface area contributed by atoms with Crippen LogP contribution in [0.2, 0.25) is 0 Å². The number of nitrogens with one attached hydrogen (secondary N) is 1. The van der Waals surface area contributed by atoms with Gasteiger partial charge in [0, 0.05) is 18.9 Å². The Kier molecular flexibility index (Phi) is 2.75. The maximum absolute atomic E-state index is 4.24. The molecule has 1 aliphatic heterocycles.